The lowest BCUT2D eigenvalue weighted by molar-refractivity contribution is -0.201. The third-order valence-corrected chi connectivity index (χ3v) is 4.09. The number of hydrazine groups is 1. The normalized spacial score (nSPS) is 37.1. The Kier molecular flexibility index (Phi) is 2.76. The molecule has 0 bridgehead atoms. The molecule has 18 heavy (non-hydrogen) atoms. The summed E-state index contributed by atoms with van der Waals surface area (Å²) in [7, 11) is 0. The first-order valence-corrected chi connectivity index (χ1v) is 6.04. The largest absolute Gasteiger partial charge is 0.272 e. The van der Waals surface area contributed by atoms with Gasteiger partial charge in [-0.15, -0.1) is 0 Å². The van der Waals surface area contributed by atoms with Gasteiger partial charge in [-0.25, -0.2) is 0 Å². The van der Waals surface area contributed by atoms with Crippen molar-refractivity contribution in [2.24, 2.45) is 23.7 Å². The van der Waals surface area contributed by atoms with Crippen molar-refractivity contribution in [3.63, 3.8) is 0 Å². The topological polar surface area (TPSA) is 74.8 Å². The van der Waals surface area contributed by atoms with Crippen LogP contribution in [0.25, 0.3) is 0 Å². The van der Waals surface area contributed by atoms with E-state index < -0.39 is 47.3 Å². The molecule has 4 amide bonds. The molecule has 0 spiro atoms. The molecule has 2 fully saturated rings. The number of carbonyl (C=O) groups excluding carboxylic acids is 4. The van der Waals surface area contributed by atoms with Gasteiger partial charge in [0.25, 0.3) is 23.6 Å². The van der Waals surface area contributed by atoms with E-state index in [1.165, 1.54) is 0 Å². The monoisotopic (exact) mass is 252 g/mol. The van der Waals surface area contributed by atoms with Crippen LogP contribution in [0.4, 0.5) is 0 Å². The zero-order chi connectivity index (χ0) is 13.8. The van der Waals surface area contributed by atoms with Crippen LogP contribution in [-0.2, 0) is 19.2 Å². The molecule has 2 aliphatic rings. The second-order valence-electron chi connectivity index (χ2n) is 5.13. The molecule has 6 nitrogen and oxygen atoms in total. The number of rotatable bonds is 0. The van der Waals surface area contributed by atoms with E-state index in [2.05, 4.69) is 0 Å². The molecule has 2 rings (SSSR count). The van der Waals surface area contributed by atoms with Gasteiger partial charge < -0.3 is 0 Å². The Hall–Kier alpha value is -1.72. The van der Waals surface area contributed by atoms with Crippen LogP contribution < -0.4 is 0 Å². The van der Waals surface area contributed by atoms with Crippen LogP contribution in [-0.4, -0.2) is 33.6 Å². The molecule has 2 saturated heterocycles. The summed E-state index contributed by atoms with van der Waals surface area (Å²) in [6, 6.07) is 0. The van der Waals surface area contributed by atoms with Crippen LogP contribution in [0.3, 0.4) is 0 Å². The number of amides is 4. The van der Waals surface area contributed by atoms with Gasteiger partial charge in [0.2, 0.25) is 0 Å². The minimum Gasteiger partial charge on any atom is -0.272 e. The van der Waals surface area contributed by atoms with E-state index in [1.807, 2.05) is 0 Å². The first kappa shape index (κ1) is 12.7. The standard InChI is InChI=1S/C12H16N2O4/c1-5-6(2)10(16)14-12(18)8(4)7(3)11(17)13(14)9(5)15/h5-8H,1-4H3/t5-,6+,7-,8+. The second-order valence-corrected chi connectivity index (χ2v) is 5.13. The van der Waals surface area contributed by atoms with E-state index in [9.17, 15) is 19.2 Å². The summed E-state index contributed by atoms with van der Waals surface area (Å²) < 4.78 is 0. The molecule has 0 N–H and O–H groups in total. The maximum Gasteiger partial charge on any atom is 0.252 e. The van der Waals surface area contributed by atoms with Gasteiger partial charge in [-0.2, -0.15) is 10.0 Å². The highest BCUT2D eigenvalue weighted by Gasteiger charge is 2.54. The fraction of sp³-hybridized carbons (Fsp3) is 0.667. The van der Waals surface area contributed by atoms with Gasteiger partial charge >= 0.3 is 0 Å². The van der Waals surface area contributed by atoms with Crippen molar-refractivity contribution < 1.29 is 19.2 Å². The van der Waals surface area contributed by atoms with Gasteiger partial charge in [0, 0.05) is 23.7 Å². The molecule has 0 radical (unpaired) electrons. The van der Waals surface area contributed by atoms with Crippen molar-refractivity contribution in [1.82, 2.24) is 10.0 Å². The molecule has 2 heterocycles. The third-order valence-electron chi connectivity index (χ3n) is 4.09. The first-order valence-electron chi connectivity index (χ1n) is 6.04. The molecule has 4 atom stereocenters. The van der Waals surface area contributed by atoms with Gasteiger partial charge in [-0.1, -0.05) is 27.7 Å². The van der Waals surface area contributed by atoms with E-state index in [0.717, 1.165) is 10.0 Å². The van der Waals surface area contributed by atoms with E-state index in [0.29, 0.717) is 0 Å². The molecule has 98 valence electrons. The van der Waals surface area contributed by atoms with Crippen LogP contribution in [0.2, 0.25) is 0 Å². The van der Waals surface area contributed by atoms with E-state index in [1.54, 1.807) is 27.7 Å². The van der Waals surface area contributed by atoms with E-state index >= 15 is 0 Å². The Bertz CT molecular complexity index is 377. The summed E-state index contributed by atoms with van der Waals surface area (Å²) >= 11 is 0. The fourth-order valence-corrected chi connectivity index (χ4v) is 2.24. The maximum atomic E-state index is 12.1. The Morgan fingerprint density at radius 2 is 0.722 bits per heavy atom. The van der Waals surface area contributed by atoms with Gasteiger partial charge in [-0.05, 0) is 0 Å². The fourth-order valence-electron chi connectivity index (χ4n) is 2.24. The van der Waals surface area contributed by atoms with Crippen molar-refractivity contribution in [2.75, 3.05) is 0 Å². The highest BCUT2D eigenvalue weighted by molar-refractivity contribution is 6.12. The summed E-state index contributed by atoms with van der Waals surface area (Å²) in [6.45, 7) is 6.40. The molecule has 0 aliphatic carbocycles. The molecule has 0 aromatic heterocycles. The zero-order valence-electron chi connectivity index (χ0n) is 10.8. The smallest absolute Gasteiger partial charge is 0.252 e. The molecule has 2 aliphatic heterocycles. The number of nitrogens with zero attached hydrogens (tertiary/aromatic N) is 2. The molecule has 0 saturated carbocycles. The predicted octanol–water partition coefficient (Wildman–Crippen LogP) is 0.183. The SMILES string of the molecule is C[C@@H]1C(=O)N2C(=O)[C@@H](C)[C@@H](C)C(=O)N2C(=O)[C@@H]1C. The Morgan fingerprint density at radius 1 is 0.556 bits per heavy atom. The quantitative estimate of drug-likeness (QED) is 0.576. The zero-order valence-corrected chi connectivity index (χ0v) is 10.8. The van der Waals surface area contributed by atoms with Crippen LogP contribution in [0, 0.1) is 23.7 Å². The number of hydrogen-bond donors (Lipinski definition) is 0. The van der Waals surface area contributed by atoms with Crippen molar-refractivity contribution in [3.8, 4) is 0 Å². The van der Waals surface area contributed by atoms with Gasteiger partial charge in [0.1, 0.15) is 0 Å². The van der Waals surface area contributed by atoms with Crippen LogP contribution in [0.5, 0.6) is 0 Å². The molecule has 0 aromatic carbocycles. The Morgan fingerprint density at radius 3 is 0.889 bits per heavy atom. The predicted molar refractivity (Wildman–Crippen MR) is 60.4 cm³/mol. The van der Waals surface area contributed by atoms with E-state index in [-0.39, 0.29) is 0 Å². The molecule has 0 unspecified atom stereocenters. The first-order chi connectivity index (χ1) is 8.29. The minimum atomic E-state index is -0.578. The van der Waals surface area contributed by atoms with Crippen molar-refractivity contribution in [2.45, 2.75) is 27.7 Å². The van der Waals surface area contributed by atoms with Crippen LogP contribution in [0.15, 0.2) is 0 Å². The third kappa shape index (κ3) is 1.41. The Labute approximate surface area is 105 Å². The summed E-state index contributed by atoms with van der Waals surface area (Å²) in [5, 5.41) is 1.47. The Balaban J connectivity index is 2.50. The van der Waals surface area contributed by atoms with Crippen LogP contribution in [0.1, 0.15) is 27.7 Å². The lowest BCUT2D eigenvalue weighted by atomic mass is 9.86. The summed E-state index contributed by atoms with van der Waals surface area (Å²) in [5.74, 6) is -4.20. The molecule has 6 heteroatoms. The summed E-state index contributed by atoms with van der Waals surface area (Å²) in [5.41, 5.74) is 0. The highest BCUT2D eigenvalue weighted by Crippen LogP contribution is 2.33. The minimum absolute atomic E-state index is 0.473. The number of hydrogen-bond acceptors (Lipinski definition) is 4. The number of fused-ring (bicyclic) bond motifs is 1. The van der Waals surface area contributed by atoms with Crippen LogP contribution >= 0.6 is 0 Å². The van der Waals surface area contributed by atoms with Gasteiger partial charge in [-0.3, -0.25) is 19.2 Å². The summed E-state index contributed by atoms with van der Waals surface area (Å²) in [6.07, 6.45) is 0. The number of imide groups is 2. The summed E-state index contributed by atoms with van der Waals surface area (Å²) in [4.78, 5) is 48.3. The highest BCUT2D eigenvalue weighted by atomic mass is 16.2. The average Bonchev–Trinajstić information content (AvgIpc) is 2.35. The molecule has 0 aromatic rings. The van der Waals surface area contributed by atoms with Crippen molar-refractivity contribution in [1.29, 1.82) is 0 Å². The van der Waals surface area contributed by atoms with Gasteiger partial charge in [0.15, 0.2) is 0 Å². The molecular weight excluding hydrogens is 236 g/mol. The average molecular weight is 252 g/mol. The molecular formula is C12H16N2O4. The van der Waals surface area contributed by atoms with Gasteiger partial charge in [0.05, 0.1) is 0 Å². The van der Waals surface area contributed by atoms with Crippen molar-refractivity contribution in [3.05, 3.63) is 0 Å². The second kappa shape index (κ2) is 3.90. The maximum absolute atomic E-state index is 12.1. The van der Waals surface area contributed by atoms with E-state index in [4.69, 9.17) is 0 Å². The number of carbonyl (C=O) groups is 4. The lowest BCUT2D eigenvalue weighted by Gasteiger charge is -2.46. The van der Waals surface area contributed by atoms with Crippen molar-refractivity contribution >= 4 is 23.6 Å². The lowest BCUT2D eigenvalue weighted by Crippen LogP contribution is -2.69.